The first-order valence-electron chi connectivity index (χ1n) is 9.98. The lowest BCUT2D eigenvalue weighted by atomic mass is 10.5. The predicted octanol–water partition coefficient (Wildman–Crippen LogP) is 4.42. The molecule has 0 aromatic rings. The van der Waals surface area contributed by atoms with Gasteiger partial charge >= 0.3 is 18.1 Å². The molecule has 0 bridgehead atoms. The maximum Gasteiger partial charge on any atom is 0.674 e. The van der Waals surface area contributed by atoms with E-state index in [0.29, 0.717) is 0 Å². The third-order valence-electron chi connectivity index (χ3n) is 2.53. The maximum absolute atomic E-state index is 6.44. The average molecular weight is 427 g/mol. The molecule has 0 spiro atoms. The van der Waals surface area contributed by atoms with Crippen molar-refractivity contribution >= 4 is 18.1 Å². The van der Waals surface area contributed by atoms with E-state index in [1.165, 1.54) is 0 Å². The summed E-state index contributed by atoms with van der Waals surface area (Å²) in [4.78, 5) is 0. The molecule has 27 heavy (non-hydrogen) atoms. The highest BCUT2D eigenvalue weighted by Gasteiger charge is 2.62. The van der Waals surface area contributed by atoms with E-state index in [-0.39, 0.29) is 36.6 Å². The Morgan fingerprint density at radius 2 is 0.481 bits per heavy atom. The van der Waals surface area contributed by atoms with Crippen LogP contribution in [0.4, 0.5) is 0 Å². The van der Waals surface area contributed by atoms with Gasteiger partial charge in [0.05, 0.1) is 0 Å². The quantitative estimate of drug-likeness (QED) is 0.381. The van der Waals surface area contributed by atoms with Gasteiger partial charge in [-0.05, 0) is 83.1 Å². The van der Waals surface area contributed by atoms with Gasteiger partial charge in [0.15, 0.2) is 0 Å². The zero-order chi connectivity index (χ0) is 21.4. The second-order valence-corrected chi connectivity index (χ2v) is 12.3. The number of hydrogen-bond donors (Lipinski definition) is 0. The molecule has 0 saturated heterocycles. The van der Waals surface area contributed by atoms with Crippen molar-refractivity contribution in [2.24, 2.45) is 0 Å². The molecular weight excluding hydrogens is 384 g/mol. The SMILES string of the molecule is CC(C)O[Si](OC(C)C)(OC(C)C)O[Si](OC(C)C)(OC(C)C)OC(C)C. The maximum atomic E-state index is 6.44. The first-order chi connectivity index (χ1) is 12.2. The average Bonchev–Trinajstić information content (AvgIpc) is 2.30. The normalized spacial score (nSPS) is 14.0. The molecule has 0 aliphatic carbocycles. The summed E-state index contributed by atoms with van der Waals surface area (Å²) < 4.78 is 43.2. The van der Waals surface area contributed by atoms with Gasteiger partial charge < -0.3 is 30.7 Å². The largest absolute Gasteiger partial charge is 0.674 e. The Hall–Kier alpha value is 0.154. The Kier molecular flexibility index (Phi) is 12.1. The fourth-order valence-electron chi connectivity index (χ4n) is 2.20. The van der Waals surface area contributed by atoms with E-state index >= 15 is 0 Å². The molecule has 9 heteroatoms. The third kappa shape index (κ3) is 11.7. The van der Waals surface area contributed by atoms with Crippen molar-refractivity contribution in [3.8, 4) is 0 Å². The van der Waals surface area contributed by atoms with E-state index in [4.69, 9.17) is 30.7 Å². The van der Waals surface area contributed by atoms with Crippen molar-refractivity contribution < 1.29 is 30.7 Å². The molecule has 0 aliphatic rings. The summed E-state index contributed by atoms with van der Waals surface area (Å²) in [5.41, 5.74) is 0. The summed E-state index contributed by atoms with van der Waals surface area (Å²) in [5, 5.41) is 0. The first-order valence-corrected chi connectivity index (χ1v) is 13.2. The number of hydrogen-bond acceptors (Lipinski definition) is 7. The molecule has 0 aliphatic heterocycles. The summed E-state index contributed by atoms with van der Waals surface area (Å²) >= 11 is 0. The highest BCUT2D eigenvalue weighted by Crippen LogP contribution is 2.28. The van der Waals surface area contributed by atoms with Gasteiger partial charge in [-0.3, -0.25) is 0 Å². The predicted molar refractivity (Wildman–Crippen MR) is 110 cm³/mol. The summed E-state index contributed by atoms with van der Waals surface area (Å²) in [7, 11) is -7.27. The Balaban J connectivity index is 6.14. The topological polar surface area (TPSA) is 64.6 Å². The van der Waals surface area contributed by atoms with Crippen LogP contribution in [0.5, 0.6) is 0 Å². The van der Waals surface area contributed by atoms with Crippen molar-refractivity contribution in [3.05, 3.63) is 0 Å². The van der Waals surface area contributed by atoms with Crippen LogP contribution in [-0.4, -0.2) is 54.7 Å². The molecule has 0 radical (unpaired) electrons. The Labute approximate surface area is 168 Å². The monoisotopic (exact) mass is 426 g/mol. The fraction of sp³-hybridized carbons (Fsp3) is 1.00. The minimum absolute atomic E-state index is 0.169. The summed E-state index contributed by atoms with van der Waals surface area (Å²) in [6, 6.07) is 0. The smallest absolute Gasteiger partial charge is 0.349 e. The van der Waals surface area contributed by atoms with Crippen LogP contribution < -0.4 is 0 Å². The molecule has 0 unspecified atom stereocenters. The lowest BCUT2D eigenvalue weighted by Crippen LogP contribution is -2.65. The Morgan fingerprint density at radius 3 is 0.593 bits per heavy atom. The van der Waals surface area contributed by atoms with Crippen molar-refractivity contribution in [1.82, 2.24) is 0 Å². The van der Waals surface area contributed by atoms with E-state index in [1.54, 1.807) is 0 Å². The van der Waals surface area contributed by atoms with Crippen molar-refractivity contribution in [2.75, 3.05) is 0 Å². The highest BCUT2D eigenvalue weighted by atomic mass is 28.5. The Bertz CT molecular complexity index is 312. The van der Waals surface area contributed by atoms with Crippen LogP contribution in [-0.2, 0) is 30.7 Å². The van der Waals surface area contributed by atoms with Crippen LogP contribution in [0.25, 0.3) is 0 Å². The van der Waals surface area contributed by atoms with Gasteiger partial charge in [-0.2, -0.15) is 0 Å². The second kappa shape index (κ2) is 12.0. The van der Waals surface area contributed by atoms with E-state index < -0.39 is 18.1 Å². The summed E-state index contributed by atoms with van der Waals surface area (Å²) in [5.74, 6) is 0. The van der Waals surface area contributed by atoms with Crippen LogP contribution in [0.15, 0.2) is 0 Å². The number of rotatable bonds is 14. The second-order valence-electron chi connectivity index (χ2n) is 8.10. The van der Waals surface area contributed by atoms with Crippen molar-refractivity contribution in [3.63, 3.8) is 0 Å². The highest BCUT2D eigenvalue weighted by molar-refractivity contribution is 6.68. The van der Waals surface area contributed by atoms with Gasteiger partial charge in [0.1, 0.15) is 0 Å². The lowest BCUT2D eigenvalue weighted by molar-refractivity contribution is -0.108. The van der Waals surface area contributed by atoms with Gasteiger partial charge in [0, 0.05) is 36.6 Å². The fourth-order valence-corrected chi connectivity index (χ4v) is 8.37. The third-order valence-corrected chi connectivity index (χ3v) is 9.09. The molecule has 7 nitrogen and oxygen atoms in total. The van der Waals surface area contributed by atoms with E-state index in [9.17, 15) is 0 Å². The van der Waals surface area contributed by atoms with Gasteiger partial charge in [0.2, 0.25) is 0 Å². The van der Waals surface area contributed by atoms with Crippen LogP contribution in [0.3, 0.4) is 0 Å². The molecular formula is C18H42O7Si2. The van der Waals surface area contributed by atoms with Crippen LogP contribution in [0, 0.1) is 0 Å². The zero-order valence-electron chi connectivity index (χ0n) is 19.3. The van der Waals surface area contributed by atoms with Crippen molar-refractivity contribution in [2.45, 2.75) is 120 Å². The molecule has 0 saturated carbocycles. The molecule has 0 heterocycles. The standard InChI is InChI=1S/C18H42O7Si2/c1-13(2)19-26(20-14(3)4,21-15(5)6)25-27(22-16(7)8,23-17(9)10)24-18(11)12/h13-18H,1-12H3. The molecule has 0 aromatic carbocycles. The molecule has 0 amide bonds. The Morgan fingerprint density at radius 1 is 0.333 bits per heavy atom. The molecule has 0 rings (SSSR count). The minimum atomic E-state index is -3.63. The van der Waals surface area contributed by atoms with Crippen LogP contribution in [0.1, 0.15) is 83.1 Å². The minimum Gasteiger partial charge on any atom is -0.349 e. The summed E-state index contributed by atoms with van der Waals surface area (Å²) in [6.45, 7) is 23.0. The van der Waals surface area contributed by atoms with Gasteiger partial charge in [-0.1, -0.05) is 0 Å². The van der Waals surface area contributed by atoms with E-state index in [2.05, 4.69) is 0 Å². The first kappa shape index (κ1) is 27.2. The van der Waals surface area contributed by atoms with Gasteiger partial charge in [-0.15, -0.1) is 0 Å². The van der Waals surface area contributed by atoms with Gasteiger partial charge in [0.25, 0.3) is 0 Å². The molecule has 0 N–H and O–H groups in total. The van der Waals surface area contributed by atoms with E-state index in [0.717, 1.165) is 0 Å². The van der Waals surface area contributed by atoms with Crippen LogP contribution >= 0.6 is 0 Å². The summed E-state index contributed by atoms with van der Waals surface area (Å²) in [6.07, 6.45) is -1.01. The lowest BCUT2D eigenvalue weighted by Gasteiger charge is -2.40. The van der Waals surface area contributed by atoms with Gasteiger partial charge in [-0.25, -0.2) is 0 Å². The molecule has 0 aromatic heterocycles. The van der Waals surface area contributed by atoms with Crippen LogP contribution in [0.2, 0.25) is 0 Å². The van der Waals surface area contributed by atoms with E-state index in [1.807, 2.05) is 83.1 Å². The molecule has 0 fully saturated rings. The zero-order valence-corrected chi connectivity index (χ0v) is 21.3. The molecule has 164 valence electrons. The molecule has 0 atom stereocenters. The van der Waals surface area contributed by atoms with Crippen molar-refractivity contribution in [1.29, 1.82) is 0 Å².